The number of aliphatic hydroxyl groups is 2. The number of nitrogens with two attached hydrogens (primary N) is 1. The summed E-state index contributed by atoms with van der Waals surface area (Å²) in [6, 6.07) is 0. The van der Waals surface area contributed by atoms with E-state index in [9.17, 15) is 9.90 Å². The third-order valence-corrected chi connectivity index (χ3v) is 5.87. The maximum Gasteiger partial charge on any atom is 0.273 e. The molecule has 1 aromatic rings. The van der Waals surface area contributed by atoms with Crippen LogP contribution in [0.15, 0.2) is 5.38 Å². The summed E-state index contributed by atoms with van der Waals surface area (Å²) in [7, 11) is 0. The monoisotopic (exact) mass is 383 g/mol. The lowest BCUT2D eigenvalue weighted by molar-refractivity contribution is -0.0534. The Kier molecular flexibility index (Phi) is 6.46. The number of thiazole rings is 1. The zero-order valence-corrected chi connectivity index (χ0v) is 16.0. The van der Waals surface area contributed by atoms with Crippen molar-refractivity contribution in [3.63, 3.8) is 0 Å². The van der Waals surface area contributed by atoms with Gasteiger partial charge in [0.2, 0.25) is 0 Å². The van der Waals surface area contributed by atoms with Crippen LogP contribution in [0.25, 0.3) is 0 Å². The number of β-amino-alcohol motifs (C(OH)–C–C–N with tert-alkyl or cyclic N) is 1. The number of piperazine rings is 1. The van der Waals surface area contributed by atoms with E-state index in [1.807, 2.05) is 0 Å². The predicted octanol–water partition coefficient (Wildman–Crippen LogP) is -0.308. The third kappa shape index (κ3) is 4.92. The van der Waals surface area contributed by atoms with E-state index < -0.39 is 5.60 Å². The molecule has 2 aliphatic rings. The van der Waals surface area contributed by atoms with Gasteiger partial charge in [0.25, 0.3) is 5.91 Å². The molecule has 26 heavy (non-hydrogen) atoms. The normalized spacial score (nSPS) is 25.5. The summed E-state index contributed by atoms with van der Waals surface area (Å²) in [5, 5.41) is 22.1. The molecule has 0 aromatic carbocycles. The number of likely N-dealkylation sites (tertiary alicyclic amines) is 1. The van der Waals surface area contributed by atoms with E-state index in [0.29, 0.717) is 36.9 Å². The Morgan fingerprint density at radius 2 is 2.00 bits per heavy atom. The number of rotatable bonds is 6. The Morgan fingerprint density at radius 1 is 1.27 bits per heavy atom. The fourth-order valence-corrected chi connectivity index (χ4v) is 4.38. The second-order valence-electron chi connectivity index (χ2n) is 7.32. The van der Waals surface area contributed by atoms with Gasteiger partial charge in [-0.15, -0.1) is 11.3 Å². The highest BCUT2D eigenvalue weighted by Gasteiger charge is 2.38. The van der Waals surface area contributed by atoms with E-state index in [-0.39, 0.29) is 12.5 Å². The zero-order valence-electron chi connectivity index (χ0n) is 15.1. The molecule has 1 amide bonds. The van der Waals surface area contributed by atoms with Gasteiger partial charge in [-0.25, -0.2) is 4.98 Å². The van der Waals surface area contributed by atoms with E-state index in [1.165, 1.54) is 11.3 Å². The van der Waals surface area contributed by atoms with Gasteiger partial charge < -0.3 is 25.7 Å². The number of hydrogen-bond acceptors (Lipinski definition) is 8. The standard InChI is InChI=1S/C17H29N5O3S/c18-16-19-14(11-26-16)15(24)22-5-1-3-17(25,13-22)12-21-8-6-20(7-9-21)4-2-10-23/h11,23,25H,1-10,12-13H2,(H2,18,19). The highest BCUT2D eigenvalue weighted by molar-refractivity contribution is 7.13. The van der Waals surface area contributed by atoms with Crippen LogP contribution < -0.4 is 5.73 Å². The Morgan fingerprint density at radius 3 is 2.65 bits per heavy atom. The molecule has 8 nitrogen and oxygen atoms in total. The average Bonchev–Trinajstić information content (AvgIpc) is 3.06. The molecule has 146 valence electrons. The molecule has 0 saturated carbocycles. The molecule has 3 rings (SSSR count). The van der Waals surface area contributed by atoms with Crippen molar-refractivity contribution in [3.8, 4) is 0 Å². The number of aromatic nitrogens is 1. The smallest absolute Gasteiger partial charge is 0.273 e. The molecule has 3 heterocycles. The minimum atomic E-state index is -0.872. The fourth-order valence-electron chi connectivity index (χ4n) is 3.84. The minimum Gasteiger partial charge on any atom is -0.396 e. The lowest BCUT2D eigenvalue weighted by Gasteiger charge is -2.43. The van der Waals surface area contributed by atoms with Crippen LogP contribution in [0.3, 0.4) is 0 Å². The highest BCUT2D eigenvalue weighted by Crippen LogP contribution is 2.25. The van der Waals surface area contributed by atoms with Crippen LogP contribution in [0.5, 0.6) is 0 Å². The molecule has 4 N–H and O–H groups in total. The fraction of sp³-hybridized carbons (Fsp3) is 0.765. The van der Waals surface area contributed by atoms with E-state index in [1.54, 1.807) is 10.3 Å². The Bertz CT molecular complexity index is 605. The molecule has 0 bridgehead atoms. The number of nitrogen functional groups attached to an aromatic ring is 1. The Hall–Kier alpha value is -1.26. The van der Waals surface area contributed by atoms with Gasteiger partial charge in [0.05, 0.1) is 12.1 Å². The molecule has 2 aliphatic heterocycles. The van der Waals surface area contributed by atoms with Crippen LogP contribution >= 0.6 is 11.3 Å². The van der Waals surface area contributed by atoms with Gasteiger partial charge in [0, 0.05) is 57.8 Å². The van der Waals surface area contributed by atoms with Gasteiger partial charge in [-0.05, 0) is 19.3 Å². The van der Waals surface area contributed by atoms with Crippen molar-refractivity contribution in [1.29, 1.82) is 0 Å². The maximum atomic E-state index is 12.6. The van der Waals surface area contributed by atoms with Crippen molar-refractivity contribution < 1.29 is 15.0 Å². The van der Waals surface area contributed by atoms with E-state index in [0.717, 1.165) is 45.6 Å². The van der Waals surface area contributed by atoms with Gasteiger partial charge in [-0.2, -0.15) is 0 Å². The molecule has 9 heteroatoms. The first-order valence-corrected chi connectivity index (χ1v) is 10.2. The number of piperidine rings is 1. The quantitative estimate of drug-likeness (QED) is 0.619. The molecule has 0 radical (unpaired) electrons. The van der Waals surface area contributed by atoms with Crippen molar-refractivity contribution in [2.24, 2.45) is 0 Å². The zero-order chi connectivity index (χ0) is 18.6. The van der Waals surface area contributed by atoms with Crippen LogP contribution in [-0.4, -0.2) is 100 Å². The molecular formula is C17H29N5O3S. The number of aliphatic hydroxyl groups excluding tert-OH is 1. The second kappa shape index (κ2) is 8.62. The van der Waals surface area contributed by atoms with Crippen molar-refractivity contribution in [2.45, 2.75) is 24.9 Å². The summed E-state index contributed by atoms with van der Waals surface area (Å²) >= 11 is 1.26. The number of carbonyl (C=O) groups excluding carboxylic acids is 1. The summed E-state index contributed by atoms with van der Waals surface area (Å²) in [4.78, 5) is 23.0. The maximum absolute atomic E-state index is 12.6. The van der Waals surface area contributed by atoms with Gasteiger partial charge in [-0.1, -0.05) is 0 Å². The van der Waals surface area contributed by atoms with Gasteiger partial charge in [0.15, 0.2) is 5.13 Å². The van der Waals surface area contributed by atoms with Crippen LogP contribution in [-0.2, 0) is 0 Å². The van der Waals surface area contributed by atoms with Crippen molar-refractivity contribution in [1.82, 2.24) is 19.7 Å². The van der Waals surface area contributed by atoms with Crippen LogP contribution in [0.1, 0.15) is 29.8 Å². The lowest BCUT2D eigenvalue weighted by atomic mass is 9.91. The topological polar surface area (TPSA) is 106 Å². The van der Waals surface area contributed by atoms with Gasteiger partial charge >= 0.3 is 0 Å². The average molecular weight is 384 g/mol. The van der Waals surface area contributed by atoms with Crippen molar-refractivity contribution >= 4 is 22.4 Å². The summed E-state index contributed by atoms with van der Waals surface area (Å²) in [5.74, 6) is -0.148. The third-order valence-electron chi connectivity index (χ3n) is 5.20. The minimum absolute atomic E-state index is 0.148. The summed E-state index contributed by atoms with van der Waals surface area (Å²) in [5.41, 5.74) is 5.12. The molecule has 2 fully saturated rings. The second-order valence-corrected chi connectivity index (χ2v) is 8.21. The van der Waals surface area contributed by atoms with Gasteiger partial charge in [0.1, 0.15) is 5.69 Å². The molecule has 1 aromatic heterocycles. The largest absolute Gasteiger partial charge is 0.396 e. The summed E-state index contributed by atoms with van der Waals surface area (Å²) in [6.45, 7) is 6.45. The molecule has 1 unspecified atom stereocenters. The number of nitrogens with zero attached hydrogens (tertiary/aromatic N) is 4. The number of carbonyl (C=O) groups is 1. The SMILES string of the molecule is Nc1nc(C(=O)N2CCCC(O)(CN3CCN(CCCO)CC3)C2)cs1. The van der Waals surface area contributed by atoms with E-state index in [4.69, 9.17) is 10.8 Å². The summed E-state index contributed by atoms with van der Waals surface area (Å²) in [6.07, 6.45) is 2.31. The molecule has 0 aliphatic carbocycles. The highest BCUT2D eigenvalue weighted by atomic mass is 32.1. The predicted molar refractivity (Wildman–Crippen MR) is 101 cm³/mol. The molecule has 2 saturated heterocycles. The first-order chi connectivity index (χ1) is 12.5. The first kappa shape index (κ1) is 19.5. The van der Waals surface area contributed by atoms with E-state index >= 15 is 0 Å². The van der Waals surface area contributed by atoms with Gasteiger partial charge in [-0.3, -0.25) is 9.69 Å². The van der Waals surface area contributed by atoms with Crippen LogP contribution in [0.4, 0.5) is 5.13 Å². The Balaban J connectivity index is 1.52. The number of amides is 1. The Labute approximate surface area is 158 Å². The number of hydrogen-bond donors (Lipinski definition) is 3. The van der Waals surface area contributed by atoms with Crippen LogP contribution in [0.2, 0.25) is 0 Å². The molecule has 0 spiro atoms. The van der Waals surface area contributed by atoms with Crippen molar-refractivity contribution in [3.05, 3.63) is 11.1 Å². The van der Waals surface area contributed by atoms with Crippen molar-refractivity contribution in [2.75, 3.05) is 64.7 Å². The first-order valence-electron chi connectivity index (χ1n) is 9.27. The van der Waals surface area contributed by atoms with Crippen LogP contribution in [0, 0.1) is 0 Å². The molecule has 1 atom stereocenters. The lowest BCUT2D eigenvalue weighted by Crippen LogP contribution is -2.58. The molecular weight excluding hydrogens is 354 g/mol. The summed E-state index contributed by atoms with van der Waals surface area (Å²) < 4.78 is 0. The van der Waals surface area contributed by atoms with E-state index in [2.05, 4.69) is 14.8 Å². The number of anilines is 1.